The van der Waals surface area contributed by atoms with E-state index in [2.05, 4.69) is 15.4 Å². The molecule has 0 bridgehead atoms. The van der Waals surface area contributed by atoms with E-state index in [1.54, 1.807) is 11.9 Å². The number of aromatic nitrogens is 2. The van der Waals surface area contributed by atoms with Gasteiger partial charge in [-0.2, -0.15) is 4.98 Å². The highest BCUT2D eigenvalue weighted by molar-refractivity contribution is 5.58. The summed E-state index contributed by atoms with van der Waals surface area (Å²) in [6.45, 7) is 2.65. The molecular weight excluding hydrogens is 212 g/mol. The van der Waals surface area contributed by atoms with Gasteiger partial charge in [0.25, 0.3) is 0 Å². The van der Waals surface area contributed by atoms with E-state index in [1.807, 2.05) is 6.92 Å². The maximum absolute atomic E-state index is 10.8. The number of anilines is 2. The molecule has 0 amide bonds. The average Bonchev–Trinajstić information content (AvgIpc) is 2.28. The quantitative estimate of drug-likeness (QED) is 0.427. The summed E-state index contributed by atoms with van der Waals surface area (Å²) in [6, 6.07) is 0. The maximum Gasteiger partial charge on any atom is 0.329 e. The zero-order valence-electron chi connectivity index (χ0n) is 9.17. The summed E-state index contributed by atoms with van der Waals surface area (Å²) in [7, 11) is 1.74. The fourth-order valence-corrected chi connectivity index (χ4v) is 1.29. The van der Waals surface area contributed by atoms with Crippen molar-refractivity contribution >= 4 is 17.5 Å². The van der Waals surface area contributed by atoms with E-state index in [0.29, 0.717) is 6.54 Å². The summed E-state index contributed by atoms with van der Waals surface area (Å²) in [4.78, 5) is 19.6. The number of hydrogen-bond donors (Lipinski definition) is 2. The Morgan fingerprint density at radius 2 is 2.38 bits per heavy atom. The molecule has 1 heterocycles. The first-order valence-corrected chi connectivity index (χ1v) is 4.79. The summed E-state index contributed by atoms with van der Waals surface area (Å²) in [5.74, 6) is 5.57. The molecule has 0 unspecified atom stereocenters. The zero-order valence-corrected chi connectivity index (χ0v) is 9.17. The van der Waals surface area contributed by atoms with Crippen molar-refractivity contribution in [1.82, 2.24) is 9.97 Å². The number of nitro groups is 1. The molecule has 1 aromatic rings. The van der Waals surface area contributed by atoms with Crippen LogP contribution in [0.3, 0.4) is 0 Å². The second-order valence-electron chi connectivity index (χ2n) is 3.23. The molecule has 1 aromatic heterocycles. The van der Waals surface area contributed by atoms with Crippen molar-refractivity contribution in [2.45, 2.75) is 13.3 Å². The second kappa shape index (κ2) is 5.21. The minimum atomic E-state index is -0.512. The van der Waals surface area contributed by atoms with Gasteiger partial charge >= 0.3 is 5.69 Å². The van der Waals surface area contributed by atoms with Crippen LogP contribution < -0.4 is 16.2 Å². The molecule has 88 valence electrons. The monoisotopic (exact) mass is 226 g/mol. The number of nitrogens with two attached hydrogens (primary N) is 1. The molecule has 8 nitrogen and oxygen atoms in total. The molecule has 3 N–H and O–H groups in total. The van der Waals surface area contributed by atoms with Crippen LogP contribution in [0.4, 0.5) is 17.5 Å². The molecule has 0 saturated carbocycles. The van der Waals surface area contributed by atoms with Gasteiger partial charge in [-0.1, -0.05) is 6.92 Å². The molecule has 0 atom stereocenters. The van der Waals surface area contributed by atoms with Gasteiger partial charge in [0.1, 0.15) is 6.20 Å². The Labute approximate surface area is 92.6 Å². The van der Waals surface area contributed by atoms with Gasteiger partial charge in [-0.25, -0.2) is 10.8 Å². The first-order valence-electron chi connectivity index (χ1n) is 4.79. The van der Waals surface area contributed by atoms with Crippen molar-refractivity contribution < 1.29 is 4.92 Å². The zero-order chi connectivity index (χ0) is 12.1. The normalized spacial score (nSPS) is 9.94. The third-order valence-corrected chi connectivity index (χ3v) is 2.00. The lowest BCUT2D eigenvalue weighted by Gasteiger charge is -2.16. The van der Waals surface area contributed by atoms with Gasteiger partial charge in [-0.15, -0.1) is 0 Å². The molecule has 0 radical (unpaired) electrons. The van der Waals surface area contributed by atoms with Gasteiger partial charge in [0.15, 0.2) is 0 Å². The third-order valence-electron chi connectivity index (χ3n) is 2.00. The lowest BCUT2D eigenvalue weighted by atomic mass is 10.4. The SMILES string of the molecule is CCCN(C)c1nc(NN)ncc1[N+](=O)[O-]. The summed E-state index contributed by atoms with van der Waals surface area (Å²) >= 11 is 0. The minimum absolute atomic E-state index is 0.130. The Balaban J connectivity index is 3.14. The summed E-state index contributed by atoms with van der Waals surface area (Å²) in [5.41, 5.74) is 2.13. The van der Waals surface area contributed by atoms with E-state index in [1.165, 1.54) is 0 Å². The van der Waals surface area contributed by atoms with Crippen molar-refractivity contribution in [1.29, 1.82) is 0 Å². The van der Waals surface area contributed by atoms with Gasteiger partial charge in [0.2, 0.25) is 11.8 Å². The fraction of sp³-hybridized carbons (Fsp3) is 0.500. The van der Waals surface area contributed by atoms with Gasteiger partial charge in [0.05, 0.1) is 4.92 Å². The average molecular weight is 226 g/mol. The van der Waals surface area contributed by atoms with E-state index < -0.39 is 4.92 Å². The fourth-order valence-electron chi connectivity index (χ4n) is 1.29. The smallest absolute Gasteiger partial charge is 0.329 e. The molecule has 0 aliphatic carbocycles. The molecule has 16 heavy (non-hydrogen) atoms. The van der Waals surface area contributed by atoms with Crippen LogP contribution >= 0.6 is 0 Å². The van der Waals surface area contributed by atoms with Crippen LogP contribution in [0.15, 0.2) is 6.20 Å². The first-order chi connectivity index (χ1) is 7.60. The van der Waals surface area contributed by atoms with Crippen molar-refractivity contribution in [3.63, 3.8) is 0 Å². The Morgan fingerprint density at radius 1 is 1.69 bits per heavy atom. The standard InChI is InChI=1S/C8H14N6O2/c1-3-4-13(2)7-6(14(15)16)5-10-8(11-7)12-9/h5H,3-4,9H2,1-2H3,(H,10,11,12). The van der Waals surface area contributed by atoms with Crippen LogP contribution in [0.2, 0.25) is 0 Å². The Hall–Kier alpha value is -1.96. The summed E-state index contributed by atoms with van der Waals surface area (Å²) < 4.78 is 0. The molecule has 1 rings (SSSR count). The Bertz CT molecular complexity index is 383. The molecule has 0 aromatic carbocycles. The van der Waals surface area contributed by atoms with Crippen LogP contribution in [-0.4, -0.2) is 28.5 Å². The van der Waals surface area contributed by atoms with Gasteiger partial charge in [0, 0.05) is 13.6 Å². The van der Waals surface area contributed by atoms with Gasteiger partial charge in [-0.3, -0.25) is 15.5 Å². The highest BCUT2D eigenvalue weighted by Gasteiger charge is 2.19. The third kappa shape index (κ3) is 2.54. The largest absolute Gasteiger partial charge is 0.354 e. The molecule has 0 aliphatic rings. The lowest BCUT2D eigenvalue weighted by Crippen LogP contribution is -2.22. The Morgan fingerprint density at radius 3 is 2.88 bits per heavy atom. The molecule has 0 aliphatic heterocycles. The number of hydrogen-bond acceptors (Lipinski definition) is 7. The van der Waals surface area contributed by atoms with E-state index in [-0.39, 0.29) is 17.5 Å². The molecular formula is C8H14N6O2. The minimum Gasteiger partial charge on any atom is -0.354 e. The van der Waals surface area contributed by atoms with Gasteiger partial charge < -0.3 is 4.90 Å². The number of nitrogens with one attached hydrogen (secondary N) is 1. The number of hydrazine groups is 1. The number of nitrogen functional groups attached to an aromatic ring is 1. The molecule has 0 saturated heterocycles. The summed E-state index contributed by atoms with van der Waals surface area (Å²) in [6.07, 6.45) is 2.01. The van der Waals surface area contributed by atoms with Crippen molar-refractivity contribution in [2.75, 3.05) is 23.9 Å². The molecule has 0 fully saturated rings. The van der Waals surface area contributed by atoms with E-state index >= 15 is 0 Å². The van der Waals surface area contributed by atoms with Crippen LogP contribution in [-0.2, 0) is 0 Å². The van der Waals surface area contributed by atoms with E-state index in [9.17, 15) is 10.1 Å². The predicted molar refractivity (Wildman–Crippen MR) is 60.1 cm³/mol. The van der Waals surface area contributed by atoms with E-state index in [4.69, 9.17) is 5.84 Å². The van der Waals surface area contributed by atoms with Crippen LogP contribution in [0, 0.1) is 10.1 Å². The molecule has 8 heteroatoms. The predicted octanol–water partition coefficient (Wildman–Crippen LogP) is 0.517. The molecule has 0 spiro atoms. The van der Waals surface area contributed by atoms with Crippen molar-refractivity contribution in [3.8, 4) is 0 Å². The number of rotatable bonds is 5. The van der Waals surface area contributed by atoms with Crippen LogP contribution in [0.5, 0.6) is 0 Å². The highest BCUT2D eigenvalue weighted by atomic mass is 16.6. The second-order valence-corrected chi connectivity index (χ2v) is 3.23. The van der Waals surface area contributed by atoms with Gasteiger partial charge in [-0.05, 0) is 6.42 Å². The number of nitrogens with zero attached hydrogens (tertiary/aromatic N) is 4. The lowest BCUT2D eigenvalue weighted by molar-refractivity contribution is -0.384. The summed E-state index contributed by atoms with van der Waals surface area (Å²) in [5, 5.41) is 10.8. The highest BCUT2D eigenvalue weighted by Crippen LogP contribution is 2.24. The van der Waals surface area contributed by atoms with Crippen molar-refractivity contribution in [3.05, 3.63) is 16.3 Å². The van der Waals surface area contributed by atoms with Crippen LogP contribution in [0.25, 0.3) is 0 Å². The maximum atomic E-state index is 10.8. The Kier molecular flexibility index (Phi) is 3.95. The first kappa shape index (κ1) is 12.1. The van der Waals surface area contributed by atoms with E-state index in [0.717, 1.165) is 12.6 Å². The topological polar surface area (TPSA) is 110 Å². The van der Waals surface area contributed by atoms with Crippen molar-refractivity contribution in [2.24, 2.45) is 5.84 Å². The van der Waals surface area contributed by atoms with Crippen LogP contribution in [0.1, 0.15) is 13.3 Å².